The summed E-state index contributed by atoms with van der Waals surface area (Å²) in [5, 5.41) is 0. The highest BCUT2D eigenvalue weighted by Crippen LogP contribution is 2.24. The summed E-state index contributed by atoms with van der Waals surface area (Å²) in [4.78, 5) is 25.1. The van der Waals surface area contributed by atoms with Gasteiger partial charge < -0.3 is 4.74 Å². The lowest BCUT2D eigenvalue weighted by Gasteiger charge is -2.15. The number of Topliss-reactive ketones (excluding diaryl/α,β-unsaturated/α-hetero) is 1. The molecular formula is C18H17FO5S. The number of hydrogen-bond acceptors (Lipinski definition) is 5. The molecule has 0 aliphatic rings. The molecule has 0 aliphatic carbocycles. The highest BCUT2D eigenvalue weighted by atomic mass is 32.2. The second-order valence-corrected chi connectivity index (χ2v) is 7.41. The van der Waals surface area contributed by atoms with Gasteiger partial charge in [-0.1, -0.05) is 24.3 Å². The molecule has 0 heterocycles. The molecule has 1 atom stereocenters. The standard InChI is InChI=1S/C18H17FO5S/c1-3-24-18(21)16(12-4-8-14(19)9-5-12)17(20)13-6-10-15(11-7-13)25(2,22)23/h4-11,16H,3H2,1-2H3. The lowest BCUT2D eigenvalue weighted by atomic mass is 9.90. The molecule has 0 amide bonds. The summed E-state index contributed by atoms with van der Waals surface area (Å²) in [6.07, 6.45) is 1.06. The summed E-state index contributed by atoms with van der Waals surface area (Å²) in [5.74, 6) is -3.03. The lowest BCUT2D eigenvalue weighted by Crippen LogP contribution is -2.24. The highest BCUT2D eigenvalue weighted by molar-refractivity contribution is 7.90. The van der Waals surface area contributed by atoms with Gasteiger partial charge in [0.15, 0.2) is 15.6 Å². The van der Waals surface area contributed by atoms with Crippen LogP contribution in [0.15, 0.2) is 53.4 Å². The van der Waals surface area contributed by atoms with Gasteiger partial charge in [0.2, 0.25) is 0 Å². The van der Waals surface area contributed by atoms with E-state index in [0.717, 1.165) is 18.4 Å². The third-order valence-electron chi connectivity index (χ3n) is 3.55. The van der Waals surface area contributed by atoms with Crippen LogP contribution >= 0.6 is 0 Å². The Hall–Kier alpha value is -2.54. The molecule has 0 aromatic heterocycles. The molecule has 0 radical (unpaired) electrons. The van der Waals surface area contributed by atoms with Crippen molar-refractivity contribution >= 4 is 21.6 Å². The second-order valence-electron chi connectivity index (χ2n) is 5.40. The Bertz CT molecular complexity index is 871. The van der Waals surface area contributed by atoms with Crippen LogP contribution in [0.1, 0.15) is 28.8 Å². The van der Waals surface area contributed by atoms with E-state index in [-0.39, 0.29) is 17.1 Å². The van der Waals surface area contributed by atoms with Crippen LogP contribution in [0.25, 0.3) is 0 Å². The Labute approximate surface area is 145 Å². The normalized spacial score (nSPS) is 12.4. The number of esters is 1. The second kappa shape index (κ2) is 7.57. The monoisotopic (exact) mass is 364 g/mol. The zero-order valence-electron chi connectivity index (χ0n) is 13.7. The van der Waals surface area contributed by atoms with Crippen molar-refractivity contribution in [2.24, 2.45) is 0 Å². The van der Waals surface area contributed by atoms with E-state index in [1.807, 2.05) is 0 Å². The van der Waals surface area contributed by atoms with Crippen molar-refractivity contribution < 1.29 is 27.1 Å². The van der Waals surface area contributed by atoms with Crippen LogP contribution in [0, 0.1) is 5.82 Å². The SMILES string of the molecule is CCOC(=O)C(C(=O)c1ccc(S(C)(=O)=O)cc1)c1ccc(F)cc1. The fourth-order valence-corrected chi connectivity index (χ4v) is 2.94. The third-order valence-corrected chi connectivity index (χ3v) is 4.68. The zero-order valence-corrected chi connectivity index (χ0v) is 14.5. The Morgan fingerprint density at radius 3 is 2.08 bits per heavy atom. The van der Waals surface area contributed by atoms with Crippen LogP contribution in [0.2, 0.25) is 0 Å². The van der Waals surface area contributed by atoms with Crippen molar-refractivity contribution in [2.45, 2.75) is 17.7 Å². The van der Waals surface area contributed by atoms with Gasteiger partial charge in [0, 0.05) is 11.8 Å². The molecule has 25 heavy (non-hydrogen) atoms. The molecule has 7 heteroatoms. The van der Waals surface area contributed by atoms with Crippen LogP contribution in [-0.2, 0) is 19.4 Å². The molecule has 0 fully saturated rings. The number of ketones is 1. The van der Waals surface area contributed by atoms with Crippen LogP contribution in [0.3, 0.4) is 0 Å². The van der Waals surface area contributed by atoms with E-state index in [1.165, 1.54) is 36.4 Å². The molecule has 0 N–H and O–H groups in total. The van der Waals surface area contributed by atoms with Crippen LogP contribution in [0.4, 0.5) is 4.39 Å². The first-order valence-electron chi connectivity index (χ1n) is 7.50. The maximum absolute atomic E-state index is 13.1. The minimum atomic E-state index is -3.39. The Morgan fingerprint density at radius 2 is 1.60 bits per heavy atom. The molecule has 1 unspecified atom stereocenters. The Balaban J connectivity index is 2.41. The van der Waals surface area contributed by atoms with E-state index < -0.39 is 33.3 Å². The van der Waals surface area contributed by atoms with Gasteiger partial charge in [0.1, 0.15) is 11.7 Å². The van der Waals surface area contributed by atoms with E-state index in [9.17, 15) is 22.4 Å². The summed E-state index contributed by atoms with van der Waals surface area (Å²) < 4.78 is 41.1. The molecule has 0 saturated heterocycles. The fourth-order valence-electron chi connectivity index (χ4n) is 2.31. The van der Waals surface area contributed by atoms with Gasteiger partial charge in [-0.25, -0.2) is 12.8 Å². The number of halogens is 1. The molecule has 2 rings (SSSR count). The Morgan fingerprint density at radius 1 is 1.04 bits per heavy atom. The molecular weight excluding hydrogens is 347 g/mol. The minimum Gasteiger partial charge on any atom is -0.465 e. The van der Waals surface area contributed by atoms with Crippen LogP contribution in [-0.4, -0.2) is 33.0 Å². The molecule has 2 aromatic rings. The third kappa shape index (κ3) is 4.51. The maximum atomic E-state index is 13.1. The summed E-state index contributed by atoms with van der Waals surface area (Å²) in [7, 11) is -3.39. The van der Waals surface area contributed by atoms with Crippen molar-refractivity contribution in [3.63, 3.8) is 0 Å². The topological polar surface area (TPSA) is 77.5 Å². The number of rotatable bonds is 6. The smallest absolute Gasteiger partial charge is 0.321 e. The van der Waals surface area contributed by atoms with E-state index in [1.54, 1.807) is 6.92 Å². The van der Waals surface area contributed by atoms with Crippen LogP contribution in [0.5, 0.6) is 0 Å². The molecule has 0 spiro atoms. The quantitative estimate of drug-likeness (QED) is 0.447. The van der Waals surface area contributed by atoms with Crippen molar-refractivity contribution in [3.8, 4) is 0 Å². The largest absolute Gasteiger partial charge is 0.465 e. The number of benzene rings is 2. The van der Waals surface area contributed by atoms with Crippen molar-refractivity contribution in [1.82, 2.24) is 0 Å². The predicted octanol–water partition coefficient (Wildman–Crippen LogP) is 2.76. The first-order valence-corrected chi connectivity index (χ1v) is 9.39. The van der Waals surface area contributed by atoms with Gasteiger partial charge in [-0.05, 0) is 36.8 Å². The number of sulfone groups is 1. The highest BCUT2D eigenvalue weighted by Gasteiger charge is 2.31. The van der Waals surface area contributed by atoms with Gasteiger partial charge >= 0.3 is 5.97 Å². The first-order chi connectivity index (χ1) is 11.7. The lowest BCUT2D eigenvalue weighted by molar-refractivity contribution is -0.143. The van der Waals surface area contributed by atoms with Gasteiger partial charge in [-0.2, -0.15) is 0 Å². The fraction of sp³-hybridized carbons (Fsp3) is 0.222. The summed E-state index contributed by atoms with van der Waals surface area (Å²) in [6, 6.07) is 10.3. The molecule has 0 saturated carbocycles. The van der Waals surface area contributed by atoms with Crippen molar-refractivity contribution in [3.05, 3.63) is 65.5 Å². The molecule has 2 aromatic carbocycles. The van der Waals surface area contributed by atoms with E-state index in [2.05, 4.69) is 0 Å². The summed E-state index contributed by atoms with van der Waals surface area (Å²) >= 11 is 0. The summed E-state index contributed by atoms with van der Waals surface area (Å²) in [5.41, 5.74) is 0.465. The van der Waals surface area contributed by atoms with Gasteiger partial charge in [0.25, 0.3) is 0 Å². The van der Waals surface area contributed by atoms with Gasteiger partial charge in [-0.3, -0.25) is 9.59 Å². The number of carbonyl (C=O) groups excluding carboxylic acids is 2. The predicted molar refractivity (Wildman–Crippen MR) is 89.7 cm³/mol. The van der Waals surface area contributed by atoms with Crippen molar-refractivity contribution in [1.29, 1.82) is 0 Å². The number of hydrogen-bond donors (Lipinski definition) is 0. The Kier molecular flexibility index (Phi) is 5.69. The van der Waals surface area contributed by atoms with E-state index in [0.29, 0.717) is 5.56 Å². The summed E-state index contributed by atoms with van der Waals surface area (Å²) in [6.45, 7) is 1.71. The van der Waals surface area contributed by atoms with E-state index in [4.69, 9.17) is 4.74 Å². The van der Waals surface area contributed by atoms with E-state index >= 15 is 0 Å². The average Bonchev–Trinajstić information content (AvgIpc) is 2.56. The maximum Gasteiger partial charge on any atom is 0.321 e. The molecule has 5 nitrogen and oxygen atoms in total. The van der Waals surface area contributed by atoms with Gasteiger partial charge in [0.05, 0.1) is 11.5 Å². The average molecular weight is 364 g/mol. The first kappa shape index (κ1) is 18.8. The number of carbonyl (C=O) groups is 2. The van der Waals surface area contributed by atoms with Crippen LogP contribution < -0.4 is 0 Å². The van der Waals surface area contributed by atoms with Crippen molar-refractivity contribution in [2.75, 3.05) is 12.9 Å². The zero-order chi connectivity index (χ0) is 18.6. The molecule has 0 bridgehead atoms. The van der Waals surface area contributed by atoms with Gasteiger partial charge in [-0.15, -0.1) is 0 Å². The molecule has 132 valence electrons. The molecule has 0 aliphatic heterocycles. The minimum absolute atomic E-state index is 0.0681. The number of ether oxygens (including phenoxy) is 1.